The highest BCUT2D eigenvalue weighted by atomic mass is 15.1. The predicted molar refractivity (Wildman–Crippen MR) is 236 cm³/mol. The second kappa shape index (κ2) is 32.7. The van der Waals surface area contributed by atoms with Gasteiger partial charge in [-0.25, -0.2) is 0 Å². The summed E-state index contributed by atoms with van der Waals surface area (Å²) in [6.07, 6.45) is 32.2. The molecule has 0 bridgehead atoms. The van der Waals surface area contributed by atoms with Crippen molar-refractivity contribution < 1.29 is 0 Å². The van der Waals surface area contributed by atoms with Crippen molar-refractivity contribution in [2.24, 2.45) is 39.9 Å². The van der Waals surface area contributed by atoms with E-state index in [0.29, 0.717) is 52.4 Å². The molecule has 0 unspecified atom stereocenters. The normalized spacial score (nSPS) is 18.8. The molecule has 0 aromatic carbocycles. The van der Waals surface area contributed by atoms with Crippen LogP contribution in [0.2, 0.25) is 0 Å². The van der Waals surface area contributed by atoms with Crippen LogP contribution in [0.1, 0.15) is 79.1 Å². The Kier molecular flexibility index (Phi) is 27.4. The van der Waals surface area contributed by atoms with E-state index >= 15 is 0 Å². The minimum Gasteiger partial charge on any atom is -0.377 e. The fourth-order valence-electron chi connectivity index (χ4n) is 4.93. The van der Waals surface area contributed by atoms with Crippen LogP contribution in [-0.2, 0) is 0 Å². The summed E-state index contributed by atoms with van der Waals surface area (Å²) >= 11 is 0. The Balaban J connectivity index is 1.96. The summed E-state index contributed by atoms with van der Waals surface area (Å²) in [6.45, 7) is 17.3. The first-order valence-electron chi connectivity index (χ1n) is 19.9. The van der Waals surface area contributed by atoms with Gasteiger partial charge in [-0.2, -0.15) is 0 Å². The van der Waals surface area contributed by atoms with Crippen LogP contribution in [-0.4, -0.2) is 138 Å². The van der Waals surface area contributed by atoms with Gasteiger partial charge in [-0.1, -0.05) is 53.4 Å². The maximum absolute atomic E-state index is 4.61. The fraction of sp³-hybridized carbons (Fsp3) is 0.571. The molecule has 0 atom stereocenters. The molecule has 12 nitrogen and oxygen atoms in total. The molecule has 0 amide bonds. The number of hydrogen-bond acceptors (Lipinski definition) is 12. The van der Waals surface area contributed by atoms with Gasteiger partial charge in [0.2, 0.25) is 0 Å². The van der Waals surface area contributed by atoms with E-state index in [2.05, 4.69) is 113 Å². The van der Waals surface area contributed by atoms with Crippen LogP contribution in [0, 0.1) is 12.1 Å². The van der Waals surface area contributed by atoms with E-state index in [0.717, 1.165) is 48.5 Å². The lowest BCUT2D eigenvalue weighted by Gasteiger charge is -2.20. The van der Waals surface area contributed by atoms with Gasteiger partial charge in [-0.15, -0.1) is 0 Å². The molecule has 2 aliphatic heterocycles. The second-order valence-electron chi connectivity index (χ2n) is 12.9. The third-order valence-corrected chi connectivity index (χ3v) is 7.95. The van der Waals surface area contributed by atoms with E-state index in [1.54, 1.807) is 0 Å². The van der Waals surface area contributed by atoms with Crippen molar-refractivity contribution in [2.45, 2.75) is 79.1 Å². The zero-order valence-corrected chi connectivity index (χ0v) is 33.5. The Labute approximate surface area is 326 Å². The van der Waals surface area contributed by atoms with Crippen LogP contribution in [0.4, 0.5) is 0 Å². The molecule has 0 aliphatic carbocycles. The molecule has 0 saturated heterocycles. The second-order valence-corrected chi connectivity index (χ2v) is 12.9. The average Bonchev–Trinajstić information content (AvgIpc) is 3.18. The van der Waals surface area contributed by atoms with Crippen LogP contribution in [0.5, 0.6) is 0 Å². The van der Waals surface area contributed by atoms with Crippen molar-refractivity contribution in [3.05, 3.63) is 47.1 Å². The molecule has 0 aromatic rings. The number of nitrogens with one attached hydrogen (secondary N) is 2. The fourth-order valence-corrected chi connectivity index (χ4v) is 4.93. The van der Waals surface area contributed by atoms with Gasteiger partial charge in [0, 0.05) is 135 Å². The standard InChI is InChI=1S/C42H66N12/c1-5-9-23-53(24-10-6-2)37-41-33-49-19-15-45-29-39(30-46-16-20-50-34-41)27-43-13-14-44-28-40-31-47-17-21-51-35-42(36-52-22-18-48-32-40)38-54(25-11-7-3)26-12-8-4/h15,17,27-28,30,32-38,43-44H,5-12,16,18-26,29,31H2,1-4H3/b39-27-,40-28-,41-37+,42-38+,45-15?,46-30?,47-17?,48-32?,49-33?,50-34?,51-35?,52-36?. The lowest BCUT2D eigenvalue weighted by atomic mass is 10.2. The van der Waals surface area contributed by atoms with Gasteiger partial charge >= 0.3 is 0 Å². The lowest BCUT2D eigenvalue weighted by Crippen LogP contribution is -2.21. The number of rotatable bonds is 16. The third kappa shape index (κ3) is 24.3. The highest BCUT2D eigenvalue weighted by molar-refractivity contribution is 6.04. The first-order valence-corrected chi connectivity index (χ1v) is 19.9. The van der Waals surface area contributed by atoms with Crippen molar-refractivity contribution in [3.8, 4) is 12.1 Å². The van der Waals surface area contributed by atoms with Gasteiger partial charge in [-0.3, -0.25) is 39.9 Å². The molecule has 2 rings (SSSR count). The van der Waals surface area contributed by atoms with Gasteiger partial charge in [0.25, 0.3) is 0 Å². The Bertz CT molecular complexity index is 1320. The van der Waals surface area contributed by atoms with Crippen LogP contribution in [0.15, 0.2) is 87.0 Å². The number of allylic oxidation sites excluding steroid dienone is 2. The van der Waals surface area contributed by atoms with Gasteiger partial charge in [0.1, 0.15) is 0 Å². The molecular formula is C42H66N12. The van der Waals surface area contributed by atoms with Gasteiger partial charge < -0.3 is 20.4 Å². The topological polar surface area (TPSA) is 129 Å². The number of hydrogen-bond donors (Lipinski definition) is 2. The van der Waals surface area contributed by atoms with Crippen LogP contribution < -0.4 is 10.6 Å². The molecule has 0 spiro atoms. The van der Waals surface area contributed by atoms with E-state index in [1.807, 2.05) is 62.1 Å². The molecule has 0 aromatic heterocycles. The van der Waals surface area contributed by atoms with Gasteiger partial charge in [-0.05, 0) is 25.7 Å². The van der Waals surface area contributed by atoms with Crippen molar-refractivity contribution in [1.82, 2.24) is 20.4 Å². The Hall–Kier alpha value is -4.92. The summed E-state index contributed by atoms with van der Waals surface area (Å²) in [5, 5.41) is 6.06. The summed E-state index contributed by atoms with van der Waals surface area (Å²) in [5.41, 5.74) is 3.80. The molecule has 12 heteroatoms. The number of unbranched alkanes of at least 4 members (excludes halogenated alkanes) is 4. The third-order valence-electron chi connectivity index (χ3n) is 7.95. The minimum atomic E-state index is 0.468. The first-order chi connectivity index (χ1) is 26.7. The maximum atomic E-state index is 4.61. The van der Waals surface area contributed by atoms with E-state index in [4.69, 9.17) is 0 Å². The average molecular weight is 739 g/mol. The molecule has 54 heavy (non-hydrogen) atoms. The Morgan fingerprint density at radius 3 is 1.22 bits per heavy atom. The maximum Gasteiger partial charge on any atom is 0.0738 e. The SMILES string of the molecule is CCCCN(/C=C1\C=NCC=NC/C(=C/NC#CN/C=C2\C=NCCN=C/C(=C/N(CCCC)CCCC)C=NCC=NC2)C=NCCN=C1)CCCC. The van der Waals surface area contributed by atoms with Crippen LogP contribution >= 0.6 is 0 Å². The van der Waals surface area contributed by atoms with E-state index in [9.17, 15) is 0 Å². The van der Waals surface area contributed by atoms with E-state index in [1.165, 1.54) is 51.4 Å². The van der Waals surface area contributed by atoms with Crippen LogP contribution in [0.3, 0.4) is 0 Å². The zero-order valence-electron chi connectivity index (χ0n) is 33.5. The summed E-state index contributed by atoms with van der Waals surface area (Å²) in [4.78, 5) is 41.4. The summed E-state index contributed by atoms with van der Waals surface area (Å²) in [6, 6.07) is 5.83. The van der Waals surface area contributed by atoms with Crippen molar-refractivity contribution in [1.29, 1.82) is 0 Å². The predicted octanol–water partition coefficient (Wildman–Crippen LogP) is 6.02. The van der Waals surface area contributed by atoms with E-state index < -0.39 is 0 Å². The zero-order chi connectivity index (χ0) is 38.6. The lowest BCUT2D eigenvalue weighted by molar-refractivity contribution is 0.359. The molecule has 2 aliphatic rings. The minimum absolute atomic E-state index is 0.468. The summed E-state index contributed by atoms with van der Waals surface area (Å²) < 4.78 is 0. The molecular weight excluding hydrogens is 673 g/mol. The van der Waals surface area contributed by atoms with E-state index in [-0.39, 0.29) is 0 Å². The van der Waals surface area contributed by atoms with Gasteiger partial charge in [0.15, 0.2) is 0 Å². The van der Waals surface area contributed by atoms with Crippen molar-refractivity contribution in [2.75, 3.05) is 78.5 Å². The highest BCUT2D eigenvalue weighted by Crippen LogP contribution is 2.04. The monoisotopic (exact) mass is 739 g/mol. The number of aliphatic imine (C=N–C) groups is 8. The largest absolute Gasteiger partial charge is 0.377 e. The van der Waals surface area contributed by atoms with Crippen molar-refractivity contribution in [3.63, 3.8) is 0 Å². The molecule has 0 saturated carbocycles. The first kappa shape index (κ1) is 45.2. The molecule has 2 heterocycles. The quantitative estimate of drug-likeness (QED) is 0.148. The molecule has 0 radical (unpaired) electrons. The molecule has 0 fully saturated rings. The summed E-state index contributed by atoms with van der Waals surface area (Å²) in [5.74, 6) is 0. The molecule has 294 valence electrons. The van der Waals surface area contributed by atoms with Crippen molar-refractivity contribution >= 4 is 49.7 Å². The van der Waals surface area contributed by atoms with Gasteiger partial charge in [0.05, 0.1) is 52.4 Å². The van der Waals surface area contributed by atoms with Crippen LogP contribution in [0.25, 0.3) is 0 Å². The molecule has 2 N–H and O–H groups in total. The number of nitrogens with zero attached hydrogens (tertiary/aromatic N) is 10. The smallest absolute Gasteiger partial charge is 0.0738 e. The Morgan fingerprint density at radius 1 is 0.500 bits per heavy atom. The summed E-state index contributed by atoms with van der Waals surface area (Å²) in [7, 11) is 0. The highest BCUT2D eigenvalue weighted by Gasteiger charge is 2.03. The Morgan fingerprint density at radius 2 is 0.852 bits per heavy atom.